The number of nitrogens with one attached hydrogen (secondary N) is 1. The van der Waals surface area contributed by atoms with Crippen molar-refractivity contribution >= 4 is 40.3 Å². The van der Waals surface area contributed by atoms with Crippen molar-refractivity contribution in [3.05, 3.63) is 114 Å². The van der Waals surface area contributed by atoms with Gasteiger partial charge in [0.25, 0.3) is 0 Å². The fourth-order valence-electron chi connectivity index (χ4n) is 6.69. The van der Waals surface area contributed by atoms with Gasteiger partial charge in [0.05, 0.1) is 31.4 Å². The maximum atomic E-state index is 14.8. The second-order valence-corrected chi connectivity index (χ2v) is 15.6. The second-order valence-electron chi connectivity index (χ2n) is 15.6. The lowest BCUT2D eigenvalue weighted by molar-refractivity contribution is -0.147. The van der Waals surface area contributed by atoms with E-state index >= 15 is 0 Å². The Kier molecular flexibility index (Phi) is 24.7. The Balaban J connectivity index is 2.11. The van der Waals surface area contributed by atoms with E-state index in [2.05, 4.69) is 18.5 Å². The molecule has 0 spiro atoms. The zero-order valence-corrected chi connectivity index (χ0v) is 40.8. The van der Waals surface area contributed by atoms with Crippen LogP contribution in [-0.4, -0.2) is 98.1 Å². The van der Waals surface area contributed by atoms with Gasteiger partial charge in [-0.2, -0.15) is 0 Å². The third-order valence-corrected chi connectivity index (χ3v) is 10.1. The molecule has 0 saturated heterocycles. The van der Waals surface area contributed by atoms with Crippen LogP contribution < -0.4 is 24.3 Å². The number of amides is 1. The molecule has 0 fully saturated rings. The molecule has 0 saturated carbocycles. The summed E-state index contributed by atoms with van der Waals surface area (Å²) in [5.74, 6) is -0.309. The highest BCUT2D eigenvalue weighted by Gasteiger charge is 2.28. The molecule has 3 aromatic carbocycles. The number of carbonyl (C=O) groups excluding carboxylic acids is 4. The Morgan fingerprint density at radius 2 is 1.44 bits per heavy atom. The van der Waals surface area contributed by atoms with Crippen LogP contribution in [0.15, 0.2) is 97.2 Å². The summed E-state index contributed by atoms with van der Waals surface area (Å²) in [6.07, 6.45) is 8.38. The van der Waals surface area contributed by atoms with Gasteiger partial charge in [0.2, 0.25) is 0 Å². The van der Waals surface area contributed by atoms with Gasteiger partial charge in [-0.25, -0.2) is 9.59 Å². The van der Waals surface area contributed by atoms with Gasteiger partial charge in [0, 0.05) is 50.2 Å². The van der Waals surface area contributed by atoms with E-state index in [9.17, 15) is 19.2 Å². The molecular formula is C52H67NO15. The number of ether oxygens (including phenoxy) is 11. The molecule has 16 heteroatoms. The molecule has 1 amide bonds. The van der Waals surface area contributed by atoms with Crippen LogP contribution in [0.3, 0.4) is 0 Å². The molecule has 0 aliphatic heterocycles. The molecule has 3 atom stereocenters. The van der Waals surface area contributed by atoms with Gasteiger partial charge >= 0.3 is 18.0 Å². The Morgan fingerprint density at radius 3 is 2.06 bits per heavy atom. The van der Waals surface area contributed by atoms with Crippen LogP contribution in [0.4, 0.5) is 10.5 Å². The molecule has 0 aliphatic rings. The SMILES string of the molecule is C=CCOC(=O)C/C=C(\C)C(=O)O[C@@H](/C=C/[C@H](CC)CCC(=O)c1c(OCOC)c(C)cc2c(OCOC)c(NC(=O)OCC=C)cc(OCOC)c12)[C@H](C=C(C)C)OCc1ccc(OC)cc1. The number of esters is 2. The van der Waals surface area contributed by atoms with Gasteiger partial charge in [0.15, 0.2) is 31.9 Å². The Bertz CT molecular complexity index is 2240. The number of hydrogen-bond acceptors (Lipinski definition) is 15. The summed E-state index contributed by atoms with van der Waals surface area (Å²) in [4.78, 5) is 53.5. The molecule has 0 radical (unpaired) electrons. The van der Waals surface area contributed by atoms with E-state index in [1.807, 2.05) is 57.2 Å². The third-order valence-electron chi connectivity index (χ3n) is 10.1. The highest BCUT2D eigenvalue weighted by atomic mass is 16.7. The van der Waals surface area contributed by atoms with Crippen LogP contribution >= 0.6 is 0 Å². The van der Waals surface area contributed by atoms with Crippen LogP contribution in [0.25, 0.3) is 10.8 Å². The lowest BCUT2D eigenvalue weighted by Gasteiger charge is -2.24. The molecule has 3 aromatic rings. The van der Waals surface area contributed by atoms with E-state index in [1.54, 1.807) is 33.1 Å². The van der Waals surface area contributed by atoms with Gasteiger partial charge < -0.3 is 52.1 Å². The average Bonchev–Trinajstić information content (AvgIpc) is 3.33. The van der Waals surface area contributed by atoms with Gasteiger partial charge in [-0.3, -0.25) is 14.9 Å². The number of anilines is 1. The van der Waals surface area contributed by atoms with Crippen LogP contribution in [0.1, 0.15) is 74.9 Å². The summed E-state index contributed by atoms with van der Waals surface area (Å²) in [6.45, 7) is 15.9. The van der Waals surface area contributed by atoms with Gasteiger partial charge in [-0.15, -0.1) is 0 Å². The van der Waals surface area contributed by atoms with Crippen LogP contribution in [0.5, 0.6) is 23.0 Å². The zero-order chi connectivity index (χ0) is 50.0. The topological polar surface area (TPSA) is 182 Å². The molecule has 68 heavy (non-hydrogen) atoms. The second kappa shape index (κ2) is 30.0. The Labute approximate surface area is 399 Å². The molecule has 0 heterocycles. The monoisotopic (exact) mass is 945 g/mol. The number of Topliss-reactive ketones (excluding diaryl/α,β-unsaturated/α-hetero) is 1. The summed E-state index contributed by atoms with van der Waals surface area (Å²) in [5, 5.41) is 3.45. The molecule has 0 aliphatic carbocycles. The van der Waals surface area contributed by atoms with E-state index in [0.717, 1.165) is 11.1 Å². The first kappa shape index (κ1) is 55.9. The molecule has 16 nitrogen and oxygen atoms in total. The molecular weight excluding hydrogens is 879 g/mol. The quantitative estimate of drug-likeness (QED) is 0.0161. The van der Waals surface area contributed by atoms with Crippen molar-refractivity contribution in [2.45, 2.75) is 79.1 Å². The van der Waals surface area contributed by atoms with E-state index in [1.165, 1.54) is 45.6 Å². The average molecular weight is 946 g/mol. The third kappa shape index (κ3) is 17.6. The van der Waals surface area contributed by atoms with E-state index in [-0.39, 0.29) is 98.8 Å². The molecule has 370 valence electrons. The van der Waals surface area contributed by atoms with Gasteiger partial charge in [-0.1, -0.05) is 68.2 Å². The fourth-order valence-corrected chi connectivity index (χ4v) is 6.69. The maximum Gasteiger partial charge on any atom is 0.412 e. The van der Waals surface area contributed by atoms with Crippen molar-refractivity contribution < 1.29 is 71.3 Å². The predicted octanol–water partition coefficient (Wildman–Crippen LogP) is 9.91. The maximum absolute atomic E-state index is 14.8. The van der Waals surface area contributed by atoms with Crippen molar-refractivity contribution in [3.8, 4) is 23.0 Å². The summed E-state index contributed by atoms with van der Waals surface area (Å²) < 4.78 is 62.1. The van der Waals surface area contributed by atoms with Crippen LogP contribution in [0.2, 0.25) is 0 Å². The zero-order valence-electron chi connectivity index (χ0n) is 40.8. The number of fused-ring (bicyclic) bond motifs is 1. The highest BCUT2D eigenvalue weighted by molar-refractivity contribution is 6.16. The lowest BCUT2D eigenvalue weighted by Crippen LogP contribution is -2.31. The van der Waals surface area contributed by atoms with E-state index in [4.69, 9.17) is 52.1 Å². The van der Waals surface area contributed by atoms with Crippen molar-refractivity contribution in [1.82, 2.24) is 0 Å². The molecule has 0 aromatic heterocycles. The van der Waals surface area contributed by atoms with Gasteiger partial charge in [-0.05, 0) is 81.9 Å². The molecule has 0 bridgehead atoms. The number of ketones is 1. The first-order valence-electron chi connectivity index (χ1n) is 22.0. The number of allylic oxidation sites excluding steroid dienone is 2. The predicted molar refractivity (Wildman–Crippen MR) is 258 cm³/mol. The number of aryl methyl sites for hydroxylation is 1. The number of benzene rings is 3. The molecule has 0 unspecified atom stereocenters. The fraction of sp³-hybridized carbons (Fsp3) is 0.423. The minimum Gasteiger partial charge on any atom is -0.497 e. The van der Waals surface area contributed by atoms with E-state index < -0.39 is 30.2 Å². The summed E-state index contributed by atoms with van der Waals surface area (Å²) >= 11 is 0. The summed E-state index contributed by atoms with van der Waals surface area (Å²) in [5.41, 5.74) is 2.95. The van der Waals surface area contributed by atoms with Crippen molar-refractivity contribution in [3.63, 3.8) is 0 Å². The Hall–Kier alpha value is -6.46. The van der Waals surface area contributed by atoms with Crippen LogP contribution in [0, 0.1) is 12.8 Å². The van der Waals surface area contributed by atoms with Gasteiger partial charge in [0.1, 0.15) is 42.7 Å². The first-order valence-corrected chi connectivity index (χ1v) is 22.0. The number of methoxy groups -OCH3 is 4. The van der Waals surface area contributed by atoms with Crippen molar-refractivity contribution in [2.24, 2.45) is 5.92 Å². The minimum atomic E-state index is -0.922. The smallest absolute Gasteiger partial charge is 0.412 e. The number of rotatable bonds is 31. The normalized spacial score (nSPS) is 12.6. The summed E-state index contributed by atoms with van der Waals surface area (Å²) in [7, 11) is 5.97. The number of carbonyl (C=O) groups is 4. The van der Waals surface area contributed by atoms with Crippen LogP contribution in [-0.2, 0) is 49.4 Å². The minimum absolute atomic E-state index is 0.0379. The van der Waals surface area contributed by atoms with Crippen molar-refractivity contribution in [2.75, 3.05) is 67.3 Å². The van der Waals surface area contributed by atoms with E-state index in [0.29, 0.717) is 34.9 Å². The number of hydrogen-bond donors (Lipinski definition) is 1. The molecule has 1 N–H and O–H groups in total. The lowest BCUT2D eigenvalue weighted by atomic mass is 9.90. The Morgan fingerprint density at radius 1 is 0.794 bits per heavy atom. The highest BCUT2D eigenvalue weighted by Crippen LogP contribution is 2.46. The largest absolute Gasteiger partial charge is 0.497 e. The molecule has 3 rings (SSSR count). The first-order chi connectivity index (χ1) is 32.7. The van der Waals surface area contributed by atoms with Crippen molar-refractivity contribution in [1.29, 1.82) is 0 Å². The summed E-state index contributed by atoms with van der Waals surface area (Å²) in [6, 6.07) is 10.7. The standard InChI is InChI=1S/C52H67NO15/c1-12-25-62-46(55)24-15-35(6)51(56)68-43(44(27-34(4)5)64-30-38-16-20-39(61-11)21-17-38)23-19-37(14-3)18-22-42(54)48-47-40(28-36(7)49(48)66-32-59-9)50(67-33-60-10)41(29-45(47)65-31-58-8)53-52(57)63-26-13-2/h12-13,15-17,19-21,23,27-29,37,43-44H,1-2,14,18,22,24-26,30-33H2,3-11H3,(H,53,57)/b23-19+,35-15+/t37-,43+,44+/m1/s1.